The van der Waals surface area contributed by atoms with E-state index in [1.807, 2.05) is 0 Å². The van der Waals surface area contributed by atoms with Gasteiger partial charge in [-0.15, -0.1) is 0 Å². The first-order chi connectivity index (χ1) is 12.8. The molecule has 138 valence electrons. The molecule has 2 aromatic rings. The van der Waals surface area contributed by atoms with Crippen LogP contribution in [-0.4, -0.2) is 27.8 Å². The second kappa shape index (κ2) is 8.57. The van der Waals surface area contributed by atoms with E-state index >= 15 is 0 Å². The van der Waals surface area contributed by atoms with E-state index in [4.69, 9.17) is 9.47 Å². The van der Waals surface area contributed by atoms with Crippen LogP contribution < -0.4 is 9.47 Å². The van der Waals surface area contributed by atoms with Crippen molar-refractivity contribution in [3.8, 4) is 17.5 Å². The van der Waals surface area contributed by atoms with Gasteiger partial charge in [0.2, 0.25) is 5.88 Å². The lowest BCUT2D eigenvalue weighted by molar-refractivity contribution is -0.130. The molecule has 27 heavy (non-hydrogen) atoms. The molecular formula is C20H17NO6. The minimum Gasteiger partial charge on any atom is -0.503 e. The van der Waals surface area contributed by atoms with Gasteiger partial charge >= 0.3 is 11.9 Å². The first kappa shape index (κ1) is 19.6. The van der Waals surface area contributed by atoms with Crippen molar-refractivity contribution in [2.24, 2.45) is 0 Å². The lowest BCUT2D eigenvalue weighted by atomic mass is 10.1. The summed E-state index contributed by atoms with van der Waals surface area (Å²) in [6.45, 7) is 6.39. The van der Waals surface area contributed by atoms with Gasteiger partial charge in [-0.2, -0.15) is 4.98 Å². The Kier molecular flexibility index (Phi) is 6.22. The van der Waals surface area contributed by atoms with Crippen molar-refractivity contribution in [3.63, 3.8) is 0 Å². The van der Waals surface area contributed by atoms with E-state index in [1.54, 1.807) is 6.07 Å². The highest BCUT2D eigenvalue weighted by Gasteiger charge is 2.16. The lowest BCUT2D eigenvalue weighted by Gasteiger charge is -2.08. The largest absolute Gasteiger partial charge is 0.503 e. The van der Waals surface area contributed by atoms with Crippen LogP contribution in [0.3, 0.4) is 0 Å². The van der Waals surface area contributed by atoms with Crippen LogP contribution in [0.15, 0.2) is 60.7 Å². The summed E-state index contributed by atoms with van der Waals surface area (Å²) < 4.78 is 10.1. The van der Waals surface area contributed by atoms with Crippen LogP contribution in [0.4, 0.5) is 0 Å². The van der Waals surface area contributed by atoms with Crippen molar-refractivity contribution in [2.45, 2.75) is 13.8 Å². The maximum absolute atomic E-state index is 12.3. The van der Waals surface area contributed by atoms with Gasteiger partial charge in [-0.25, -0.2) is 9.59 Å². The van der Waals surface area contributed by atoms with E-state index in [0.717, 1.165) is 0 Å². The van der Waals surface area contributed by atoms with Gasteiger partial charge in [0.25, 0.3) is 5.88 Å². The Morgan fingerprint density at radius 1 is 1.07 bits per heavy atom. The van der Waals surface area contributed by atoms with Crippen LogP contribution in [0.1, 0.15) is 34.6 Å². The van der Waals surface area contributed by atoms with Crippen molar-refractivity contribution in [3.05, 3.63) is 71.8 Å². The Morgan fingerprint density at radius 2 is 1.78 bits per heavy atom. The van der Waals surface area contributed by atoms with Gasteiger partial charge in [0, 0.05) is 17.2 Å². The van der Waals surface area contributed by atoms with E-state index in [2.05, 4.69) is 11.6 Å². The van der Waals surface area contributed by atoms with Crippen molar-refractivity contribution in [1.29, 1.82) is 0 Å². The Balaban J connectivity index is 2.21. The second-order valence-corrected chi connectivity index (χ2v) is 5.48. The van der Waals surface area contributed by atoms with E-state index < -0.39 is 23.6 Å². The summed E-state index contributed by atoms with van der Waals surface area (Å²) in [4.78, 5) is 39.4. The average Bonchev–Trinajstić information content (AvgIpc) is 2.64. The minimum atomic E-state index is -0.827. The van der Waals surface area contributed by atoms with Crippen LogP contribution in [0, 0.1) is 0 Å². The molecule has 0 unspecified atom stereocenters. The van der Waals surface area contributed by atoms with Crippen LogP contribution in [0.25, 0.3) is 0 Å². The predicted octanol–water partition coefficient (Wildman–Crippen LogP) is 3.25. The molecule has 0 aliphatic heterocycles. The molecule has 1 N–H and O–H groups in total. The summed E-state index contributed by atoms with van der Waals surface area (Å²) in [7, 11) is 0. The molecule has 0 fully saturated rings. The van der Waals surface area contributed by atoms with Crippen LogP contribution in [0.5, 0.6) is 17.5 Å². The van der Waals surface area contributed by atoms with Crippen LogP contribution >= 0.6 is 0 Å². The monoisotopic (exact) mass is 367 g/mol. The molecule has 1 aromatic heterocycles. The molecule has 0 saturated heterocycles. The van der Waals surface area contributed by atoms with Crippen molar-refractivity contribution in [1.82, 2.24) is 4.98 Å². The fourth-order valence-corrected chi connectivity index (χ4v) is 1.98. The zero-order chi connectivity index (χ0) is 20.0. The topological polar surface area (TPSA) is 103 Å². The quantitative estimate of drug-likeness (QED) is 0.362. The molecule has 0 atom stereocenters. The molecule has 0 aliphatic carbocycles. The SMILES string of the molecule is C=C/C=C(\C)C(=O)Oc1ccc(O)c(OC(=O)c2cccc(C(C)=O)c2)n1. The summed E-state index contributed by atoms with van der Waals surface area (Å²) in [6.07, 6.45) is 2.90. The highest BCUT2D eigenvalue weighted by molar-refractivity contribution is 5.98. The van der Waals surface area contributed by atoms with Gasteiger partial charge in [0.05, 0.1) is 5.56 Å². The number of pyridine rings is 1. The molecule has 0 bridgehead atoms. The van der Waals surface area contributed by atoms with Gasteiger partial charge < -0.3 is 14.6 Å². The molecule has 1 aromatic carbocycles. The normalized spacial score (nSPS) is 10.8. The van der Waals surface area contributed by atoms with Crippen molar-refractivity contribution >= 4 is 17.7 Å². The molecule has 0 saturated carbocycles. The molecule has 2 rings (SSSR count). The summed E-state index contributed by atoms with van der Waals surface area (Å²) >= 11 is 0. The summed E-state index contributed by atoms with van der Waals surface area (Å²) in [5.74, 6) is -2.70. The van der Waals surface area contributed by atoms with Gasteiger partial charge in [0.15, 0.2) is 11.5 Å². The lowest BCUT2D eigenvalue weighted by Crippen LogP contribution is -2.13. The summed E-state index contributed by atoms with van der Waals surface area (Å²) in [6, 6.07) is 8.36. The van der Waals surface area contributed by atoms with E-state index in [1.165, 1.54) is 56.3 Å². The molecule has 7 nitrogen and oxygen atoms in total. The fourth-order valence-electron chi connectivity index (χ4n) is 1.98. The third kappa shape index (κ3) is 5.12. The second-order valence-electron chi connectivity index (χ2n) is 5.48. The number of ether oxygens (including phenoxy) is 2. The first-order valence-electron chi connectivity index (χ1n) is 7.86. The Hall–Kier alpha value is -3.74. The molecule has 1 heterocycles. The van der Waals surface area contributed by atoms with Gasteiger partial charge in [-0.3, -0.25) is 4.79 Å². The number of esters is 2. The molecule has 0 spiro atoms. The molecular weight excluding hydrogens is 350 g/mol. The zero-order valence-electron chi connectivity index (χ0n) is 14.8. The summed E-state index contributed by atoms with van der Waals surface area (Å²) in [5.41, 5.74) is 0.740. The highest BCUT2D eigenvalue weighted by Crippen LogP contribution is 2.27. The smallest absolute Gasteiger partial charge is 0.345 e. The minimum absolute atomic E-state index is 0.107. The molecule has 0 amide bonds. The molecule has 0 aliphatic rings. The van der Waals surface area contributed by atoms with E-state index in [-0.39, 0.29) is 17.2 Å². The number of carbonyl (C=O) groups is 3. The zero-order valence-corrected chi connectivity index (χ0v) is 14.8. The number of Topliss-reactive ketones (excluding diaryl/α,β-unsaturated/α-hetero) is 1. The fraction of sp³-hybridized carbons (Fsp3) is 0.100. The number of nitrogens with zero attached hydrogens (tertiary/aromatic N) is 1. The Morgan fingerprint density at radius 3 is 2.44 bits per heavy atom. The number of carbonyl (C=O) groups excluding carboxylic acids is 3. The number of hydrogen-bond donors (Lipinski definition) is 1. The predicted molar refractivity (Wildman–Crippen MR) is 96.9 cm³/mol. The number of ketones is 1. The number of aromatic nitrogens is 1. The maximum atomic E-state index is 12.3. The number of allylic oxidation sites excluding steroid dienone is 2. The third-order valence-corrected chi connectivity index (χ3v) is 3.40. The van der Waals surface area contributed by atoms with Gasteiger partial charge in [-0.05, 0) is 32.0 Å². The molecule has 7 heteroatoms. The molecule has 0 radical (unpaired) electrons. The number of rotatable bonds is 6. The van der Waals surface area contributed by atoms with Gasteiger partial charge in [0.1, 0.15) is 0 Å². The van der Waals surface area contributed by atoms with E-state index in [9.17, 15) is 19.5 Å². The van der Waals surface area contributed by atoms with E-state index in [0.29, 0.717) is 11.1 Å². The van der Waals surface area contributed by atoms with Crippen LogP contribution in [-0.2, 0) is 4.79 Å². The number of hydrogen-bond acceptors (Lipinski definition) is 7. The average molecular weight is 367 g/mol. The number of aromatic hydroxyl groups is 1. The standard InChI is InChI=1S/C20H17NO6/c1-4-6-12(2)19(24)26-17-10-9-16(23)18(21-17)27-20(25)15-8-5-7-14(11-15)13(3)22/h4-11,23H,1H2,2-3H3/b12-6+. The van der Waals surface area contributed by atoms with Crippen molar-refractivity contribution < 1.29 is 29.0 Å². The van der Waals surface area contributed by atoms with Gasteiger partial charge in [-0.1, -0.05) is 30.9 Å². The number of benzene rings is 1. The Bertz CT molecular complexity index is 945. The van der Waals surface area contributed by atoms with Crippen molar-refractivity contribution in [2.75, 3.05) is 0 Å². The van der Waals surface area contributed by atoms with Crippen LogP contribution in [0.2, 0.25) is 0 Å². The highest BCUT2D eigenvalue weighted by atomic mass is 16.6. The Labute approximate surface area is 155 Å². The maximum Gasteiger partial charge on any atom is 0.345 e. The summed E-state index contributed by atoms with van der Waals surface area (Å²) in [5, 5.41) is 9.84. The first-order valence-corrected chi connectivity index (χ1v) is 7.86. The third-order valence-electron chi connectivity index (χ3n) is 3.40.